The van der Waals surface area contributed by atoms with Gasteiger partial charge in [0.25, 0.3) is 0 Å². The standard InChI is InChI=1S/C17H29IO4Si/c1-6-21-13(19)15(14(20)22-7-2)9-8-10-17(23(3,4)5)12-16(17,18)11-15/h6-12H2,1-5H3. The molecule has 0 heterocycles. The lowest BCUT2D eigenvalue weighted by atomic mass is 9.79. The largest absolute Gasteiger partial charge is 0.465 e. The maximum absolute atomic E-state index is 12.7. The van der Waals surface area contributed by atoms with Crippen molar-refractivity contribution in [3.8, 4) is 0 Å². The van der Waals surface area contributed by atoms with Crippen LogP contribution in [-0.4, -0.2) is 36.6 Å². The van der Waals surface area contributed by atoms with Crippen LogP contribution in [0.3, 0.4) is 0 Å². The first-order chi connectivity index (χ1) is 10.6. The number of carbonyl (C=O) groups excluding carboxylic acids is 2. The highest BCUT2D eigenvalue weighted by Gasteiger charge is 2.74. The summed E-state index contributed by atoms with van der Waals surface area (Å²) < 4.78 is 10.6. The summed E-state index contributed by atoms with van der Waals surface area (Å²) in [4.78, 5) is 25.5. The second-order valence-electron chi connectivity index (χ2n) is 8.03. The third kappa shape index (κ3) is 2.98. The first kappa shape index (κ1) is 19.2. The Balaban J connectivity index is 2.39. The predicted octanol–water partition coefficient (Wildman–Crippen LogP) is 4.33. The van der Waals surface area contributed by atoms with Crippen LogP contribution in [-0.2, 0) is 19.1 Å². The number of fused-ring (bicyclic) bond motifs is 1. The fourth-order valence-corrected chi connectivity index (χ4v) is 12.1. The van der Waals surface area contributed by atoms with Crippen molar-refractivity contribution in [2.24, 2.45) is 5.41 Å². The molecule has 0 aromatic rings. The Morgan fingerprint density at radius 2 is 1.52 bits per heavy atom. The van der Waals surface area contributed by atoms with E-state index in [2.05, 4.69) is 42.2 Å². The molecule has 0 N–H and O–H groups in total. The van der Waals surface area contributed by atoms with E-state index in [4.69, 9.17) is 9.47 Å². The SMILES string of the molecule is CCOC(=O)C1(C(=O)OCC)CCCC2([Si](C)(C)C)CC2(I)C1. The Hall–Kier alpha value is -0.113. The lowest BCUT2D eigenvalue weighted by molar-refractivity contribution is -0.173. The van der Waals surface area contributed by atoms with E-state index in [1.165, 1.54) is 0 Å². The Morgan fingerprint density at radius 1 is 1.00 bits per heavy atom. The molecule has 0 aromatic heterocycles. The van der Waals surface area contributed by atoms with Crippen molar-refractivity contribution >= 4 is 42.6 Å². The summed E-state index contributed by atoms with van der Waals surface area (Å²) >= 11 is 2.54. The molecule has 132 valence electrons. The van der Waals surface area contributed by atoms with Gasteiger partial charge in [0.05, 0.1) is 21.3 Å². The van der Waals surface area contributed by atoms with Gasteiger partial charge in [-0.1, -0.05) is 48.7 Å². The smallest absolute Gasteiger partial charge is 0.323 e. The lowest BCUT2D eigenvalue weighted by Gasteiger charge is -2.33. The van der Waals surface area contributed by atoms with E-state index in [9.17, 15) is 9.59 Å². The van der Waals surface area contributed by atoms with E-state index < -0.39 is 13.5 Å². The number of esters is 2. The van der Waals surface area contributed by atoms with Gasteiger partial charge in [0.1, 0.15) is 0 Å². The monoisotopic (exact) mass is 452 g/mol. The number of ether oxygens (including phenoxy) is 2. The quantitative estimate of drug-likeness (QED) is 0.205. The maximum Gasteiger partial charge on any atom is 0.323 e. The number of halogens is 1. The van der Waals surface area contributed by atoms with E-state index in [1.807, 2.05) is 0 Å². The number of hydrogen-bond donors (Lipinski definition) is 0. The highest BCUT2D eigenvalue weighted by atomic mass is 127. The van der Waals surface area contributed by atoms with Gasteiger partial charge in [-0.3, -0.25) is 9.59 Å². The zero-order valence-electron chi connectivity index (χ0n) is 15.0. The lowest BCUT2D eigenvalue weighted by Crippen LogP contribution is -2.44. The summed E-state index contributed by atoms with van der Waals surface area (Å²) in [6, 6.07) is 0. The van der Waals surface area contributed by atoms with Gasteiger partial charge in [0.2, 0.25) is 0 Å². The van der Waals surface area contributed by atoms with Crippen LogP contribution < -0.4 is 0 Å². The summed E-state index contributed by atoms with van der Waals surface area (Å²) in [7, 11) is -1.39. The van der Waals surface area contributed by atoms with Gasteiger partial charge < -0.3 is 9.47 Å². The second-order valence-corrected chi connectivity index (χ2v) is 15.5. The molecule has 23 heavy (non-hydrogen) atoms. The molecule has 2 aliphatic carbocycles. The van der Waals surface area contributed by atoms with Crippen molar-refractivity contribution in [3.63, 3.8) is 0 Å². The number of carbonyl (C=O) groups is 2. The van der Waals surface area contributed by atoms with Crippen LogP contribution in [0.5, 0.6) is 0 Å². The average molecular weight is 452 g/mol. The van der Waals surface area contributed by atoms with Crippen LogP contribution in [0.4, 0.5) is 0 Å². The van der Waals surface area contributed by atoms with Gasteiger partial charge in [-0.15, -0.1) is 0 Å². The predicted molar refractivity (Wildman–Crippen MR) is 102 cm³/mol. The molecule has 2 saturated carbocycles. The summed E-state index contributed by atoms with van der Waals surface area (Å²) in [6.07, 6.45) is 4.26. The molecule has 6 heteroatoms. The zero-order valence-corrected chi connectivity index (χ0v) is 18.1. The van der Waals surface area contributed by atoms with E-state index in [1.54, 1.807) is 13.8 Å². The van der Waals surface area contributed by atoms with Gasteiger partial charge in [-0.2, -0.15) is 0 Å². The van der Waals surface area contributed by atoms with Gasteiger partial charge in [0, 0.05) is 3.42 Å². The highest BCUT2D eigenvalue weighted by Crippen LogP contribution is 2.80. The molecular formula is C17H29IO4Si. The van der Waals surface area contributed by atoms with Crippen molar-refractivity contribution in [1.82, 2.24) is 0 Å². The van der Waals surface area contributed by atoms with Crippen LogP contribution in [0, 0.1) is 5.41 Å². The average Bonchev–Trinajstić information content (AvgIpc) is 3.05. The first-order valence-electron chi connectivity index (χ1n) is 8.62. The molecule has 2 aliphatic rings. The third-order valence-electron chi connectivity index (χ3n) is 5.87. The van der Waals surface area contributed by atoms with Crippen LogP contribution >= 0.6 is 22.6 Å². The Labute approximate surface area is 154 Å². The molecule has 2 unspecified atom stereocenters. The minimum atomic E-state index is -1.39. The topological polar surface area (TPSA) is 52.6 Å². The summed E-state index contributed by atoms with van der Waals surface area (Å²) in [5.74, 6) is -0.763. The molecular weight excluding hydrogens is 423 g/mol. The van der Waals surface area contributed by atoms with Crippen molar-refractivity contribution in [3.05, 3.63) is 0 Å². The minimum Gasteiger partial charge on any atom is -0.465 e. The van der Waals surface area contributed by atoms with Crippen LogP contribution in [0.1, 0.15) is 46.0 Å². The molecule has 0 aliphatic heterocycles. The van der Waals surface area contributed by atoms with Crippen molar-refractivity contribution in [2.45, 2.75) is 74.1 Å². The van der Waals surface area contributed by atoms with Crippen LogP contribution in [0.15, 0.2) is 0 Å². The highest BCUT2D eigenvalue weighted by molar-refractivity contribution is 14.1. The van der Waals surface area contributed by atoms with Crippen LogP contribution in [0.25, 0.3) is 0 Å². The summed E-state index contributed by atoms with van der Waals surface area (Å²) in [6.45, 7) is 11.4. The van der Waals surface area contributed by atoms with Crippen LogP contribution in [0.2, 0.25) is 24.7 Å². The van der Waals surface area contributed by atoms with Crippen molar-refractivity contribution < 1.29 is 19.1 Å². The molecule has 0 bridgehead atoms. The first-order valence-corrected chi connectivity index (χ1v) is 13.2. The molecule has 0 aromatic carbocycles. The maximum atomic E-state index is 12.7. The van der Waals surface area contributed by atoms with Crippen molar-refractivity contribution in [1.29, 1.82) is 0 Å². The van der Waals surface area contributed by atoms with Gasteiger partial charge >= 0.3 is 11.9 Å². The molecule has 4 nitrogen and oxygen atoms in total. The normalized spacial score (nSPS) is 32.4. The molecule has 0 radical (unpaired) electrons. The molecule has 0 saturated heterocycles. The van der Waals surface area contributed by atoms with E-state index >= 15 is 0 Å². The van der Waals surface area contributed by atoms with E-state index in [-0.39, 0.29) is 15.4 Å². The van der Waals surface area contributed by atoms with Gasteiger partial charge in [0.15, 0.2) is 5.41 Å². The molecule has 2 rings (SSSR count). The van der Waals surface area contributed by atoms with E-state index in [0.29, 0.717) is 31.1 Å². The molecule has 0 spiro atoms. The Morgan fingerprint density at radius 3 is 1.96 bits per heavy atom. The minimum absolute atomic E-state index is 0.0330. The van der Waals surface area contributed by atoms with E-state index in [0.717, 1.165) is 19.3 Å². The van der Waals surface area contributed by atoms with Gasteiger partial charge in [-0.05, 0) is 44.6 Å². The summed E-state index contributed by atoms with van der Waals surface area (Å²) in [5.41, 5.74) is -1.11. The Bertz CT molecular complexity index is 483. The number of hydrogen-bond acceptors (Lipinski definition) is 4. The van der Waals surface area contributed by atoms with Crippen molar-refractivity contribution in [2.75, 3.05) is 13.2 Å². The molecule has 0 amide bonds. The molecule has 2 atom stereocenters. The number of rotatable bonds is 5. The fourth-order valence-electron chi connectivity index (χ4n) is 4.52. The molecule has 2 fully saturated rings. The number of alkyl halides is 1. The van der Waals surface area contributed by atoms with Gasteiger partial charge in [-0.25, -0.2) is 0 Å². The zero-order chi connectivity index (χ0) is 17.5. The Kier molecular flexibility index (Phi) is 5.28. The summed E-state index contributed by atoms with van der Waals surface area (Å²) in [5, 5.41) is 0.335. The fraction of sp³-hybridized carbons (Fsp3) is 0.882. The second kappa shape index (κ2) is 6.31. The third-order valence-corrected chi connectivity index (χ3v) is 12.0.